The first-order valence-electron chi connectivity index (χ1n) is 6.53. The Labute approximate surface area is 128 Å². The summed E-state index contributed by atoms with van der Waals surface area (Å²) < 4.78 is 28.0. The highest BCUT2D eigenvalue weighted by molar-refractivity contribution is 7.93. The van der Waals surface area contributed by atoms with Crippen molar-refractivity contribution in [1.82, 2.24) is 9.78 Å². The van der Waals surface area contributed by atoms with Gasteiger partial charge in [0.05, 0.1) is 16.8 Å². The lowest BCUT2D eigenvalue weighted by atomic mass is 10.1. The molecule has 1 aromatic heterocycles. The lowest BCUT2D eigenvalue weighted by Gasteiger charge is -2.22. The number of sulfonamides is 1. The number of rotatable bonds is 5. The molecule has 0 unspecified atom stereocenters. The molecule has 2 aromatic rings. The maximum atomic E-state index is 12.9. The lowest BCUT2D eigenvalue weighted by molar-refractivity contribution is -0.135. The average molecular weight is 323 g/mol. The molecule has 0 aliphatic carbocycles. The first kappa shape index (κ1) is 16.0. The van der Waals surface area contributed by atoms with Gasteiger partial charge in [0.1, 0.15) is 6.54 Å². The fraction of sp³-hybridized carbons (Fsp3) is 0.286. The normalized spacial score (nSPS) is 11.4. The summed E-state index contributed by atoms with van der Waals surface area (Å²) in [5, 5.41) is 13.0. The van der Waals surface area contributed by atoms with Crippen LogP contribution in [0.3, 0.4) is 0 Å². The molecule has 118 valence electrons. The van der Waals surface area contributed by atoms with Crippen molar-refractivity contribution in [2.75, 3.05) is 10.8 Å². The number of carbonyl (C=O) groups is 1. The van der Waals surface area contributed by atoms with E-state index in [9.17, 15) is 13.2 Å². The Morgan fingerprint density at radius 2 is 2.05 bits per heavy atom. The van der Waals surface area contributed by atoms with Gasteiger partial charge in [0.2, 0.25) is 0 Å². The maximum Gasteiger partial charge on any atom is 0.324 e. The van der Waals surface area contributed by atoms with Crippen molar-refractivity contribution in [3.05, 3.63) is 41.7 Å². The number of carboxylic acids is 1. The molecule has 1 heterocycles. The van der Waals surface area contributed by atoms with Crippen LogP contribution in [0.1, 0.15) is 11.1 Å². The summed E-state index contributed by atoms with van der Waals surface area (Å²) in [5.41, 5.74) is 1.63. The largest absolute Gasteiger partial charge is 0.480 e. The van der Waals surface area contributed by atoms with Crippen LogP contribution in [0.25, 0.3) is 0 Å². The Kier molecular flexibility index (Phi) is 4.23. The number of hydrogen-bond donors (Lipinski definition) is 1. The zero-order valence-corrected chi connectivity index (χ0v) is 13.3. The predicted octanol–water partition coefficient (Wildman–Crippen LogP) is 1.32. The van der Waals surface area contributed by atoms with Crippen LogP contribution in [0, 0.1) is 13.8 Å². The zero-order chi connectivity index (χ0) is 16.5. The van der Waals surface area contributed by atoms with Crippen LogP contribution in [0.4, 0.5) is 5.69 Å². The number of benzene rings is 1. The van der Waals surface area contributed by atoms with E-state index in [0.29, 0.717) is 5.56 Å². The Bertz CT molecular complexity index is 811. The second-order valence-electron chi connectivity index (χ2n) is 4.98. The van der Waals surface area contributed by atoms with Gasteiger partial charge in [-0.1, -0.05) is 12.1 Å². The molecule has 0 saturated heterocycles. The van der Waals surface area contributed by atoms with Gasteiger partial charge < -0.3 is 5.11 Å². The fourth-order valence-electron chi connectivity index (χ4n) is 2.10. The Morgan fingerprint density at radius 3 is 2.59 bits per heavy atom. The highest BCUT2D eigenvalue weighted by Crippen LogP contribution is 2.26. The predicted molar refractivity (Wildman–Crippen MR) is 81.3 cm³/mol. The summed E-state index contributed by atoms with van der Waals surface area (Å²) in [6.07, 6.45) is 2.79. The smallest absolute Gasteiger partial charge is 0.324 e. The minimum Gasteiger partial charge on any atom is -0.480 e. The monoisotopic (exact) mass is 323 g/mol. The zero-order valence-electron chi connectivity index (χ0n) is 12.5. The number of aromatic nitrogens is 2. The number of hydrogen-bond acceptors (Lipinski definition) is 4. The molecule has 0 aliphatic heterocycles. The Morgan fingerprint density at radius 1 is 1.36 bits per heavy atom. The van der Waals surface area contributed by atoms with Crippen molar-refractivity contribution >= 4 is 21.7 Å². The molecule has 7 nitrogen and oxygen atoms in total. The topological polar surface area (TPSA) is 92.5 Å². The third kappa shape index (κ3) is 2.96. The lowest BCUT2D eigenvalue weighted by Crippen LogP contribution is -2.36. The maximum absolute atomic E-state index is 12.9. The molecule has 0 fully saturated rings. The van der Waals surface area contributed by atoms with Gasteiger partial charge in [0.15, 0.2) is 0 Å². The van der Waals surface area contributed by atoms with Gasteiger partial charge in [-0.2, -0.15) is 5.10 Å². The second kappa shape index (κ2) is 5.80. The molecule has 0 spiro atoms. The third-order valence-corrected chi connectivity index (χ3v) is 5.30. The van der Waals surface area contributed by atoms with Crippen LogP contribution in [0.5, 0.6) is 0 Å². The molecule has 1 N–H and O–H groups in total. The summed E-state index contributed by atoms with van der Waals surface area (Å²) in [7, 11) is -2.36. The van der Waals surface area contributed by atoms with Gasteiger partial charge in [0, 0.05) is 13.2 Å². The molecular formula is C14H17N3O4S. The van der Waals surface area contributed by atoms with Crippen molar-refractivity contribution in [3.63, 3.8) is 0 Å². The van der Waals surface area contributed by atoms with Crippen LogP contribution in [-0.4, -0.2) is 35.8 Å². The number of carboxylic acid groups (broad SMARTS) is 1. The van der Waals surface area contributed by atoms with Gasteiger partial charge >= 0.3 is 5.97 Å². The van der Waals surface area contributed by atoms with Crippen LogP contribution in [0.15, 0.2) is 35.5 Å². The van der Waals surface area contributed by atoms with E-state index in [2.05, 4.69) is 5.10 Å². The van der Waals surface area contributed by atoms with Crippen LogP contribution < -0.4 is 4.31 Å². The van der Waals surface area contributed by atoms with E-state index in [0.717, 1.165) is 9.87 Å². The summed E-state index contributed by atoms with van der Waals surface area (Å²) >= 11 is 0. The summed E-state index contributed by atoms with van der Waals surface area (Å²) in [5.74, 6) is -1.24. The number of nitrogens with zero attached hydrogens (tertiary/aromatic N) is 3. The minimum atomic E-state index is -3.99. The second-order valence-corrected chi connectivity index (χ2v) is 6.81. The molecule has 8 heteroatoms. The average Bonchev–Trinajstić information content (AvgIpc) is 2.85. The minimum absolute atomic E-state index is 0.0950. The number of aliphatic carboxylic acids is 1. The van der Waals surface area contributed by atoms with Gasteiger partial charge in [-0.3, -0.25) is 13.8 Å². The molecule has 2 rings (SSSR count). The van der Waals surface area contributed by atoms with E-state index < -0.39 is 22.5 Å². The van der Waals surface area contributed by atoms with Crippen LogP contribution in [-0.2, 0) is 21.9 Å². The molecule has 0 saturated carbocycles. The molecule has 0 bridgehead atoms. The number of anilines is 1. The Hall–Kier alpha value is -2.35. The van der Waals surface area contributed by atoms with Crippen molar-refractivity contribution in [1.29, 1.82) is 0 Å². The van der Waals surface area contributed by atoms with Gasteiger partial charge in [-0.25, -0.2) is 8.42 Å². The molecular weight excluding hydrogens is 306 g/mol. The molecule has 22 heavy (non-hydrogen) atoms. The van der Waals surface area contributed by atoms with Gasteiger partial charge in [-0.05, 0) is 31.0 Å². The molecule has 0 amide bonds. The highest BCUT2D eigenvalue weighted by atomic mass is 32.2. The first-order valence-corrected chi connectivity index (χ1v) is 7.97. The summed E-state index contributed by atoms with van der Waals surface area (Å²) in [4.78, 5) is 11.2. The van der Waals surface area contributed by atoms with E-state index >= 15 is 0 Å². The van der Waals surface area contributed by atoms with Crippen molar-refractivity contribution in [2.24, 2.45) is 7.05 Å². The van der Waals surface area contributed by atoms with Crippen molar-refractivity contribution < 1.29 is 18.3 Å². The van der Waals surface area contributed by atoms with E-state index in [1.807, 2.05) is 0 Å². The highest BCUT2D eigenvalue weighted by Gasteiger charge is 2.29. The number of aryl methyl sites for hydroxylation is 2. The Balaban J connectivity index is 2.59. The molecule has 0 atom stereocenters. The van der Waals surface area contributed by atoms with Crippen molar-refractivity contribution in [2.45, 2.75) is 18.7 Å². The van der Waals surface area contributed by atoms with Gasteiger partial charge in [0.25, 0.3) is 10.0 Å². The van der Waals surface area contributed by atoms with E-state index in [-0.39, 0.29) is 10.6 Å². The first-order chi connectivity index (χ1) is 10.2. The van der Waals surface area contributed by atoms with E-state index in [1.165, 1.54) is 23.1 Å². The SMILES string of the molecule is Cc1cccc(S(=O)(=O)N(CC(=O)O)c2cnn(C)c2)c1C. The molecule has 1 aromatic carbocycles. The van der Waals surface area contributed by atoms with E-state index in [4.69, 9.17) is 5.11 Å². The van der Waals surface area contributed by atoms with Crippen molar-refractivity contribution in [3.8, 4) is 0 Å². The third-order valence-electron chi connectivity index (χ3n) is 3.38. The standard InChI is InChI=1S/C14H17N3O4S/c1-10-5-4-6-13(11(10)2)22(20,21)17(9-14(18)19)12-7-15-16(3)8-12/h4-8H,9H2,1-3H3,(H,18,19). The fourth-order valence-corrected chi connectivity index (χ4v) is 3.79. The van der Waals surface area contributed by atoms with E-state index in [1.54, 1.807) is 33.0 Å². The quantitative estimate of drug-likeness (QED) is 0.896. The van der Waals surface area contributed by atoms with Crippen LogP contribution in [0.2, 0.25) is 0 Å². The van der Waals surface area contributed by atoms with Gasteiger partial charge in [-0.15, -0.1) is 0 Å². The summed E-state index contributed by atoms with van der Waals surface area (Å²) in [6.45, 7) is 2.84. The van der Waals surface area contributed by atoms with Crippen LogP contribution >= 0.6 is 0 Å². The molecule has 0 radical (unpaired) electrons. The molecule has 0 aliphatic rings. The summed E-state index contributed by atoms with van der Waals surface area (Å²) in [6, 6.07) is 4.92.